The molecule has 0 bridgehead atoms. The van der Waals surface area contributed by atoms with Crippen LogP contribution in [0, 0.1) is 0 Å². The zero-order valence-electron chi connectivity index (χ0n) is 25.5. The Labute approximate surface area is 268 Å². The van der Waals surface area contributed by atoms with Gasteiger partial charge in [-0.3, -0.25) is 0 Å². The highest BCUT2D eigenvalue weighted by Gasteiger charge is 2.25. The van der Waals surface area contributed by atoms with Crippen LogP contribution in [0.4, 0.5) is 11.6 Å². The summed E-state index contributed by atoms with van der Waals surface area (Å²) in [4.78, 5) is 2.21. The molecule has 222 valence electrons. The first-order chi connectivity index (χ1) is 22.6. The zero-order valence-corrected chi connectivity index (χ0v) is 25.5. The average molecular weight is 597 g/mol. The quantitative estimate of drug-likeness (QED) is 0.194. The summed E-state index contributed by atoms with van der Waals surface area (Å²) >= 11 is 0. The summed E-state index contributed by atoms with van der Waals surface area (Å²) in [5, 5.41) is 5.88. The Balaban J connectivity index is 1.33. The SMILES string of the molecule is C=C/C(=C1\Cc2ccccc2O1)N(/C(C)=C/c1c(N)oc2ccccc12)c1cccc(-c2cc3ccccc3c3ccccc23)c1. The first-order valence-electron chi connectivity index (χ1n) is 15.5. The molecule has 7 aromatic rings. The summed E-state index contributed by atoms with van der Waals surface area (Å²) in [5.74, 6) is 2.10. The minimum absolute atomic E-state index is 0.384. The van der Waals surface area contributed by atoms with Crippen molar-refractivity contribution in [3.63, 3.8) is 0 Å². The van der Waals surface area contributed by atoms with E-state index in [0.29, 0.717) is 12.3 Å². The number of allylic oxidation sites excluding steroid dienone is 3. The predicted octanol–water partition coefficient (Wildman–Crippen LogP) is 10.9. The van der Waals surface area contributed by atoms with Gasteiger partial charge in [-0.25, -0.2) is 0 Å². The van der Waals surface area contributed by atoms with Crippen molar-refractivity contribution >= 4 is 50.2 Å². The van der Waals surface area contributed by atoms with Gasteiger partial charge in [0.15, 0.2) is 5.88 Å². The van der Waals surface area contributed by atoms with E-state index in [4.69, 9.17) is 14.9 Å². The van der Waals surface area contributed by atoms with Gasteiger partial charge in [-0.15, -0.1) is 0 Å². The lowest BCUT2D eigenvalue weighted by Gasteiger charge is -2.28. The number of anilines is 2. The molecule has 8 rings (SSSR count). The van der Waals surface area contributed by atoms with Gasteiger partial charge in [0.25, 0.3) is 0 Å². The summed E-state index contributed by atoms with van der Waals surface area (Å²) in [6.45, 7) is 6.36. The second-order valence-electron chi connectivity index (χ2n) is 11.6. The molecule has 46 heavy (non-hydrogen) atoms. The molecule has 0 amide bonds. The van der Waals surface area contributed by atoms with Crippen LogP contribution in [-0.2, 0) is 6.42 Å². The van der Waals surface area contributed by atoms with Crippen LogP contribution in [0.15, 0.2) is 162 Å². The molecule has 0 saturated carbocycles. The Hall–Kier alpha value is -6.00. The Bertz CT molecular complexity index is 2350. The van der Waals surface area contributed by atoms with E-state index in [9.17, 15) is 0 Å². The number of hydrogen-bond acceptors (Lipinski definition) is 4. The van der Waals surface area contributed by atoms with Crippen molar-refractivity contribution in [2.45, 2.75) is 13.3 Å². The molecular formula is C42H32N2O2. The van der Waals surface area contributed by atoms with Crippen LogP contribution in [0.25, 0.3) is 49.7 Å². The summed E-state index contributed by atoms with van der Waals surface area (Å²) in [7, 11) is 0. The molecule has 1 aliphatic heterocycles. The maximum Gasteiger partial charge on any atom is 0.198 e. The monoisotopic (exact) mass is 596 g/mol. The first kappa shape index (κ1) is 27.5. The third-order valence-corrected chi connectivity index (χ3v) is 8.83. The lowest BCUT2D eigenvalue weighted by molar-refractivity contribution is 0.440. The molecule has 1 aromatic heterocycles. The van der Waals surface area contributed by atoms with Crippen LogP contribution in [0.3, 0.4) is 0 Å². The fourth-order valence-electron chi connectivity index (χ4n) is 6.71. The smallest absolute Gasteiger partial charge is 0.198 e. The highest BCUT2D eigenvalue weighted by Crippen LogP contribution is 2.40. The second kappa shape index (κ2) is 11.2. The number of rotatable bonds is 6. The lowest BCUT2D eigenvalue weighted by Crippen LogP contribution is -2.22. The van der Waals surface area contributed by atoms with Crippen LogP contribution in [-0.4, -0.2) is 0 Å². The Morgan fingerprint density at radius 3 is 2.30 bits per heavy atom. The molecular weight excluding hydrogens is 564 g/mol. The topological polar surface area (TPSA) is 51.6 Å². The Morgan fingerprint density at radius 1 is 0.761 bits per heavy atom. The van der Waals surface area contributed by atoms with Crippen molar-refractivity contribution < 1.29 is 9.15 Å². The van der Waals surface area contributed by atoms with Gasteiger partial charge >= 0.3 is 0 Å². The standard InChI is InChI=1S/C42H32N2O2/c1-3-38(41-26-30-14-5-10-21-39(30)45-41)44(27(2)23-37-35-20-9-11-22-40(35)46-42(37)43)31-16-12-15-28(24-31)36-25-29-13-4-6-17-32(29)33-18-7-8-19-34(33)36/h3-25H,1,26,43H2,2H3/b27-23+,41-38-. The van der Waals surface area contributed by atoms with E-state index in [1.807, 2.05) is 48.5 Å². The van der Waals surface area contributed by atoms with Crippen LogP contribution >= 0.6 is 0 Å². The molecule has 1 aliphatic rings. The predicted molar refractivity (Wildman–Crippen MR) is 192 cm³/mol. The van der Waals surface area contributed by atoms with Gasteiger partial charge in [0.05, 0.1) is 5.70 Å². The second-order valence-corrected chi connectivity index (χ2v) is 11.6. The highest BCUT2D eigenvalue weighted by atomic mass is 16.5. The third kappa shape index (κ3) is 4.63. The van der Waals surface area contributed by atoms with Crippen LogP contribution in [0.2, 0.25) is 0 Å². The minimum atomic E-state index is 0.384. The molecule has 0 aliphatic carbocycles. The summed E-state index contributed by atoms with van der Waals surface area (Å²) in [5.41, 5.74) is 14.3. The maximum absolute atomic E-state index is 6.46. The van der Waals surface area contributed by atoms with Crippen molar-refractivity contribution in [3.8, 4) is 16.9 Å². The van der Waals surface area contributed by atoms with Crippen molar-refractivity contribution in [1.82, 2.24) is 0 Å². The third-order valence-electron chi connectivity index (χ3n) is 8.83. The molecule has 6 aromatic carbocycles. The van der Waals surface area contributed by atoms with Gasteiger partial charge < -0.3 is 19.8 Å². The summed E-state index contributed by atoms with van der Waals surface area (Å²) in [6.07, 6.45) is 4.64. The first-order valence-corrected chi connectivity index (χ1v) is 15.5. The number of nitrogen functional groups attached to an aromatic ring is 1. The van der Waals surface area contributed by atoms with Gasteiger partial charge in [0, 0.05) is 34.3 Å². The number of benzene rings is 6. The number of fused-ring (bicyclic) bond motifs is 5. The van der Waals surface area contributed by atoms with E-state index < -0.39 is 0 Å². The van der Waals surface area contributed by atoms with E-state index in [0.717, 1.165) is 56.2 Å². The zero-order chi connectivity index (χ0) is 31.2. The number of nitrogens with two attached hydrogens (primary N) is 1. The number of furan rings is 1. The highest BCUT2D eigenvalue weighted by molar-refractivity contribution is 6.13. The van der Waals surface area contributed by atoms with Crippen molar-refractivity contribution in [2.75, 3.05) is 10.6 Å². The van der Waals surface area contributed by atoms with Crippen LogP contribution in [0.5, 0.6) is 5.75 Å². The maximum atomic E-state index is 6.46. The number of nitrogens with zero attached hydrogens (tertiary/aromatic N) is 1. The van der Waals surface area contributed by atoms with Crippen molar-refractivity contribution in [2.24, 2.45) is 0 Å². The van der Waals surface area contributed by atoms with E-state index in [2.05, 4.69) is 109 Å². The van der Waals surface area contributed by atoms with E-state index in [1.165, 1.54) is 27.1 Å². The summed E-state index contributed by atoms with van der Waals surface area (Å²) < 4.78 is 12.4. The minimum Gasteiger partial charge on any atom is -0.459 e. The van der Waals surface area contributed by atoms with E-state index >= 15 is 0 Å². The molecule has 0 saturated heterocycles. The average Bonchev–Trinajstić information content (AvgIpc) is 3.67. The van der Waals surface area contributed by atoms with E-state index in [-0.39, 0.29) is 0 Å². The van der Waals surface area contributed by atoms with Gasteiger partial charge in [-0.1, -0.05) is 104 Å². The number of para-hydroxylation sites is 2. The molecule has 4 heteroatoms. The van der Waals surface area contributed by atoms with Crippen molar-refractivity contribution in [1.29, 1.82) is 0 Å². The fraction of sp³-hybridized carbons (Fsp3) is 0.0476. The van der Waals surface area contributed by atoms with Crippen LogP contribution in [0.1, 0.15) is 18.1 Å². The van der Waals surface area contributed by atoms with Gasteiger partial charge in [-0.05, 0) is 82.1 Å². The molecule has 0 fully saturated rings. The largest absolute Gasteiger partial charge is 0.459 e. The molecule has 4 nitrogen and oxygen atoms in total. The molecule has 0 spiro atoms. The van der Waals surface area contributed by atoms with Gasteiger partial charge in [0.1, 0.15) is 17.1 Å². The molecule has 2 N–H and O–H groups in total. The number of hydrogen-bond donors (Lipinski definition) is 1. The van der Waals surface area contributed by atoms with Crippen molar-refractivity contribution in [3.05, 3.63) is 168 Å². The molecule has 0 unspecified atom stereocenters. The number of ether oxygens (including phenoxy) is 1. The Morgan fingerprint density at radius 2 is 1.48 bits per heavy atom. The lowest BCUT2D eigenvalue weighted by atomic mass is 9.93. The van der Waals surface area contributed by atoms with E-state index in [1.54, 1.807) is 0 Å². The normalized spacial score (nSPS) is 14.0. The molecule has 2 heterocycles. The van der Waals surface area contributed by atoms with Gasteiger partial charge in [-0.2, -0.15) is 0 Å². The summed E-state index contributed by atoms with van der Waals surface area (Å²) in [6, 6.07) is 44.3. The van der Waals surface area contributed by atoms with Crippen LogP contribution < -0.4 is 15.4 Å². The molecule has 0 radical (unpaired) electrons. The molecule has 0 atom stereocenters. The Kier molecular flexibility index (Phi) is 6.69. The van der Waals surface area contributed by atoms with Gasteiger partial charge in [0.2, 0.25) is 0 Å². The fourth-order valence-corrected chi connectivity index (χ4v) is 6.71.